The van der Waals surface area contributed by atoms with Crippen molar-refractivity contribution in [3.63, 3.8) is 0 Å². The lowest BCUT2D eigenvalue weighted by Gasteiger charge is -2.26. The summed E-state index contributed by atoms with van der Waals surface area (Å²) in [6.07, 6.45) is 1.68. The minimum Gasteiger partial charge on any atom is -0.376 e. The number of nitro groups is 1. The summed E-state index contributed by atoms with van der Waals surface area (Å²) in [5.74, 6) is -0.395. The molecule has 2 heterocycles. The predicted molar refractivity (Wildman–Crippen MR) is 71.8 cm³/mol. The molecule has 8 heteroatoms. The second-order valence-electron chi connectivity index (χ2n) is 4.64. The van der Waals surface area contributed by atoms with Crippen molar-refractivity contribution in [3.8, 4) is 0 Å². The third kappa shape index (κ3) is 2.73. The number of hydrogen-bond donors (Lipinski definition) is 0. The van der Waals surface area contributed by atoms with Crippen molar-refractivity contribution < 1.29 is 14.5 Å². The molecule has 1 aliphatic heterocycles. The summed E-state index contributed by atoms with van der Waals surface area (Å²) in [6, 6.07) is 1.08. The standard InChI is InChI=1S/C12H14ClN3O4/c1-7-10(3-4-20-7)15(2)12(17)9-5-8(16(18)19)6-14-11(9)13/h5-7,10H,3-4H2,1-2H3. The molecule has 108 valence electrons. The summed E-state index contributed by atoms with van der Waals surface area (Å²) in [6.45, 7) is 2.47. The Morgan fingerprint density at radius 1 is 1.65 bits per heavy atom. The molecule has 0 aromatic carbocycles. The number of carbonyl (C=O) groups is 1. The van der Waals surface area contributed by atoms with E-state index < -0.39 is 10.8 Å². The van der Waals surface area contributed by atoms with Crippen molar-refractivity contribution in [2.75, 3.05) is 13.7 Å². The third-order valence-corrected chi connectivity index (χ3v) is 3.72. The Morgan fingerprint density at radius 3 is 2.90 bits per heavy atom. The molecule has 0 bridgehead atoms. The van der Waals surface area contributed by atoms with Gasteiger partial charge in [-0.25, -0.2) is 4.98 Å². The lowest BCUT2D eigenvalue weighted by atomic mass is 10.1. The maximum atomic E-state index is 12.4. The van der Waals surface area contributed by atoms with E-state index in [0.29, 0.717) is 6.61 Å². The van der Waals surface area contributed by atoms with Gasteiger partial charge in [-0.05, 0) is 13.3 Å². The highest BCUT2D eigenvalue weighted by molar-refractivity contribution is 6.32. The highest BCUT2D eigenvalue weighted by Gasteiger charge is 2.32. The van der Waals surface area contributed by atoms with Gasteiger partial charge in [0.15, 0.2) is 0 Å². The van der Waals surface area contributed by atoms with E-state index in [1.165, 1.54) is 4.90 Å². The van der Waals surface area contributed by atoms with E-state index in [0.717, 1.165) is 18.7 Å². The SMILES string of the molecule is CC1OCCC1N(C)C(=O)c1cc([N+](=O)[O-])cnc1Cl. The first kappa shape index (κ1) is 14.7. The average molecular weight is 300 g/mol. The van der Waals surface area contributed by atoms with Crippen molar-refractivity contribution in [3.05, 3.63) is 33.1 Å². The molecule has 0 N–H and O–H groups in total. The van der Waals surface area contributed by atoms with Crippen LogP contribution in [-0.2, 0) is 4.74 Å². The van der Waals surface area contributed by atoms with E-state index in [1.807, 2.05) is 6.92 Å². The lowest BCUT2D eigenvalue weighted by Crippen LogP contribution is -2.41. The summed E-state index contributed by atoms with van der Waals surface area (Å²) >= 11 is 5.87. The molecule has 0 spiro atoms. The fourth-order valence-electron chi connectivity index (χ4n) is 2.26. The van der Waals surface area contributed by atoms with Crippen molar-refractivity contribution in [1.29, 1.82) is 0 Å². The number of nitrogens with zero attached hydrogens (tertiary/aromatic N) is 3. The quantitative estimate of drug-likeness (QED) is 0.483. The Labute approximate surface area is 120 Å². The number of amides is 1. The van der Waals surface area contributed by atoms with Crippen molar-refractivity contribution in [2.24, 2.45) is 0 Å². The van der Waals surface area contributed by atoms with Crippen LogP contribution in [0.5, 0.6) is 0 Å². The van der Waals surface area contributed by atoms with E-state index in [4.69, 9.17) is 16.3 Å². The van der Waals surface area contributed by atoms with Gasteiger partial charge in [0, 0.05) is 19.7 Å². The molecule has 2 unspecified atom stereocenters. The largest absolute Gasteiger partial charge is 0.376 e. The molecule has 1 saturated heterocycles. The highest BCUT2D eigenvalue weighted by atomic mass is 35.5. The van der Waals surface area contributed by atoms with Crippen molar-refractivity contribution >= 4 is 23.2 Å². The number of likely N-dealkylation sites (N-methyl/N-ethyl adjacent to an activating group) is 1. The zero-order valence-electron chi connectivity index (χ0n) is 11.1. The Bertz CT molecular complexity index is 552. The van der Waals surface area contributed by atoms with Gasteiger partial charge in [-0.3, -0.25) is 14.9 Å². The molecule has 0 saturated carbocycles. The molecule has 20 heavy (non-hydrogen) atoms. The van der Waals surface area contributed by atoms with Crippen molar-refractivity contribution in [2.45, 2.75) is 25.5 Å². The minimum absolute atomic E-state index is 0.0301. The van der Waals surface area contributed by atoms with Crippen LogP contribution in [0.2, 0.25) is 5.15 Å². The molecule has 1 amide bonds. The van der Waals surface area contributed by atoms with Gasteiger partial charge < -0.3 is 9.64 Å². The molecule has 1 aromatic rings. The van der Waals surface area contributed by atoms with Crippen LogP contribution in [0.1, 0.15) is 23.7 Å². The average Bonchev–Trinajstić information content (AvgIpc) is 2.83. The fraction of sp³-hybridized carbons (Fsp3) is 0.500. The van der Waals surface area contributed by atoms with E-state index >= 15 is 0 Å². The number of halogens is 1. The van der Waals surface area contributed by atoms with Gasteiger partial charge in [0.2, 0.25) is 0 Å². The molecule has 1 fully saturated rings. The van der Waals surface area contributed by atoms with Crippen LogP contribution in [0.3, 0.4) is 0 Å². The number of ether oxygens (including phenoxy) is 1. The normalized spacial score (nSPS) is 21.8. The van der Waals surface area contributed by atoms with Crippen LogP contribution in [0, 0.1) is 10.1 Å². The smallest absolute Gasteiger partial charge is 0.288 e. The number of rotatable bonds is 3. The molecule has 2 atom stereocenters. The number of carbonyl (C=O) groups excluding carboxylic acids is 1. The topological polar surface area (TPSA) is 85.6 Å². The maximum Gasteiger partial charge on any atom is 0.288 e. The van der Waals surface area contributed by atoms with Gasteiger partial charge >= 0.3 is 0 Å². The first-order valence-corrected chi connectivity index (χ1v) is 6.48. The van der Waals surface area contributed by atoms with Gasteiger partial charge in [0.05, 0.1) is 22.6 Å². The Balaban J connectivity index is 2.28. The molecule has 1 aliphatic rings. The summed E-state index contributed by atoms with van der Waals surface area (Å²) in [5.41, 5.74) is -0.232. The molecule has 0 aliphatic carbocycles. The maximum absolute atomic E-state index is 12.4. The van der Waals surface area contributed by atoms with Crippen LogP contribution >= 0.6 is 11.6 Å². The fourth-order valence-corrected chi connectivity index (χ4v) is 2.44. The van der Waals surface area contributed by atoms with E-state index in [1.54, 1.807) is 7.05 Å². The van der Waals surface area contributed by atoms with Gasteiger partial charge in [0.1, 0.15) is 11.3 Å². The van der Waals surface area contributed by atoms with E-state index in [9.17, 15) is 14.9 Å². The number of pyridine rings is 1. The van der Waals surface area contributed by atoms with Crippen LogP contribution in [0.4, 0.5) is 5.69 Å². The van der Waals surface area contributed by atoms with Crippen LogP contribution in [-0.4, -0.2) is 46.5 Å². The van der Waals surface area contributed by atoms with E-state index in [-0.39, 0.29) is 28.5 Å². The van der Waals surface area contributed by atoms with Crippen LogP contribution in [0.15, 0.2) is 12.3 Å². The second-order valence-corrected chi connectivity index (χ2v) is 4.99. The molecular formula is C12H14ClN3O4. The molecule has 7 nitrogen and oxygen atoms in total. The lowest BCUT2D eigenvalue weighted by molar-refractivity contribution is -0.385. The summed E-state index contributed by atoms with van der Waals surface area (Å²) < 4.78 is 5.41. The molecule has 2 rings (SSSR count). The number of hydrogen-bond acceptors (Lipinski definition) is 5. The van der Waals surface area contributed by atoms with Crippen LogP contribution < -0.4 is 0 Å². The Hall–Kier alpha value is -1.73. The zero-order valence-corrected chi connectivity index (χ0v) is 11.8. The summed E-state index contributed by atoms with van der Waals surface area (Å²) in [4.78, 5) is 27.7. The highest BCUT2D eigenvalue weighted by Crippen LogP contribution is 2.24. The second kappa shape index (κ2) is 5.72. The third-order valence-electron chi connectivity index (χ3n) is 3.42. The van der Waals surface area contributed by atoms with Gasteiger partial charge in [0.25, 0.3) is 11.6 Å². The molecule has 0 radical (unpaired) electrons. The Morgan fingerprint density at radius 2 is 2.35 bits per heavy atom. The van der Waals surface area contributed by atoms with Crippen LogP contribution in [0.25, 0.3) is 0 Å². The van der Waals surface area contributed by atoms with Gasteiger partial charge in [-0.2, -0.15) is 0 Å². The summed E-state index contributed by atoms with van der Waals surface area (Å²) in [5, 5.41) is 10.7. The first-order chi connectivity index (χ1) is 9.41. The van der Waals surface area contributed by atoms with Gasteiger partial charge in [-0.1, -0.05) is 11.6 Å². The zero-order chi connectivity index (χ0) is 14.9. The van der Waals surface area contributed by atoms with E-state index in [2.05, 4.69) is 4.98 Å². The monoisotopic (exact) mass is 299 g/mol. The minimum atomic E-state index is -0.610. The number of aromatic nitrogens is 1. The predicted octanol–water partition coefficient (Wildman–Crippen LogP) is 1.89. The molecular weight excluding hydrogens is 286 g/mol. The van der Waals surface area contributed by atoms with Gasteiger partial charge in [-0.15, -0.1) is 0 Å². The Kier molecular flexibility index (Phi) is 4.20. The summed E-state index contributed by atoms with van der Waals surface area (Å²) in [7, 11) is 1.63. The first-order valence-electron chi connectivity index (χ1n) is 6.10. The van der Waals surface area contributed by atoms with Crippen molar-refractivity contribution in [1.82, 2.24) is 9.88 Å². The molecule has 1 aromatic heterocycles.